The summed E-state index contributed by atoms with van der Waals surface area (Å²) < 4.78 is 31.8. The van der Waals surface area contributed by atoms with Crippen LogP contribution in [-0.2, 0) is 0 Å². The molecule has 120 valence electrons. The lowest BCUT2D eigenvalue weighted by Gasteiger charge is -2.12. The lowest BCUT2D eigenvalue weighted by Crippen LogP contribution is -2.17. The number of pyridine rings is 1. The van der Waals surface area contributed by atoms with E-state index < -0.39 is 17.5 Å². The first kappa shape index (κ1) is 15.7. The minimum atomic E-state index is -1.01. The first-order valence-electron chi connectivity index (χ1n) is 7.08. The molecule has 1 aromatic carbocycles. The summed E-state index contributed by atoms with van der Waals surface area (Å²) in [5, 5.41) is 2.51. The van der Waals surface area contributed by atoms with E-state index in [0.717, 1.165) is 30.1 Å². The molecule has 7 heteroatoms. The molecular weight excluding hydrogens is 322 g/mol. The van der Waals surface area contributed by atoms with Gasteiger partial charge in [-0.15, -0.1) is 0 Å². The van der Waals surface area contributed by atoms with Gasteiger partial charge in [0.25, 0.3) is 5.91 Å². The Morgan fingerprint density at radius 1 is 1.26 bits per heavy atom. The largest absolute Gasteiger partial charge is 0.473 e. The van der Waals surface area contributed by atoms with Crippen molar-refractivity contribution in [2.45, 2.75) is 12.5 Å². The number of hydrogen-bond acceptors (Lipinski definition) is 4. The van der Waals surface area contributed by atoms with Crippen LogP contribution in [0.1, 0.15) is 16.8 Å². The fraction of sp³-hybridized carbons (Fsp3) is 0.250. The van der Waals surface area contributed by atoms with Crippen LogP contribution < -0.4 is 10.1 Å². The number of carbonyl (C=O) groups excluding carboxylic acids is 1. The Kier molecular flexibility index (Phi) is 4.76. The normalized spacial score (nSPS) is 17.0. The molecule has 0 aliphatic carbocycles. The molecule has 1 aliphatic rings. The molecule has 1 aliphatic heterocycles. The van der Waals surface area contributed by atoms with Crippen LogP contribution in [0.25, 0.3) is 0 Å². The molecule has 3 rings (SSSR count). The minimum absolute atomic E-state index is 0.108. The number of amides is 1. The maximum Gasteiger partial charge on any atom is 0.255 e. The van der Waals surface area contributed by atoms with Gasteiger partial charge in [0, 0.05) is 35.3 Å². The maximum absolute atomic E-state index is 13.2. The van der Waals surface area contributed by atoms with Crippen LogP contribution in [0.5, 0.6) is 5.88 Å². The summed E-state index contributed by atoms with van der Waals surface area (Å²) in [5.41, 5.74) is 0.519. The quantitative estimate of drug-likeness (QED) is 0.928. The number of anilines is 1. The molecule has 2 aromatic rings. The smallest absolute Gasteiger partial charge is 0.255 e. The number of halogens is 2. The molecule has 1 saturated heterocycles. The predicted molar refractivity (Wildman–Crippen MR) is 84.9 cm³/mol. The van der Waals surface area contributed by atoms with Gasteiger partial charge in [0.15, 0.2) is 11.6 Å². The molecule has 0 bridgehead atoms. The zero-order valence-electron chi connectivity index (χ0n) is 12.1. The van der Waals surface area contributed by atoms with E-state index in [0.29, 0.717) is 11.4 Å². The number of rotatable bonds is 4. The molecule has 1 atom stereocenters. The summed E-state index contributed by atoms with van der Waals surface area (Å²) in [5.74, 6) is -0.0645. The highest BCUT2D eigenvalue weighted by molar-refractivity contribution is 7.99. The van der Waals surface area contributed by atoms with Crippen molar-refractivity contribution in [3.8, 4) is 5.88 Å². The topological polar surface area (TPSA) is 51.2 Å². The molecule has 4 nitrogen and oxygen atoms in total. The first-order chi connectivity index (χ1) is 11.1. The maximum atomic E-state index is 13.2. The average molecular weight is 336 g/mol. The Morgan fingerprint density at radius 2 is 2.13 bits per heavy atom. The van der Waals surface area contributed by atoms with Crippen LogP contribution in [-0.4, -0.2) is 28.5 Å². The highest BCUT2D eigenvalue weighted by atomic mass is 32.2. The Bertz CT molecular complexity index is 721. The molecule has 2 heterocycles. The number of aromatic nitrogens is 1. The van der Waals surface area contributed by atoms with Gasteiger partial charge in [-0.2, -0.15) is 11.8 Å². The molecule has 1 fully saturated rings. The van der Waals surface area contributed by atoms with E-state index in [1.54, 1.807) is 0 Å². The first-order valence-corrected chi connectivity index (χ1v) is 8.24. The zero-order chi connectivity index (χ0) is 16.2. The van der Waals surface area contributed by atoms with Gasteiger partial charge in [0.05, 0.1) is 0 Å². The van der Waals surface area contributed by atoms with Crippen molar-refractivity contribution >= 4 is 23.4 Å². The van der Waals surface area contributed by atoms with Gasteiger partial charge < -0.3 is 10.1 Å². The van der Waals surface area contributed by atoms with Gasteiger partial charge >= 0.3 is 0 Å². The third-order valence-electron chi connectivity index (χ3n) is 3.35. The van der Waals surface area contributed by atoms with Gasteiger partial charge in [-0.1, -0.05) is 0 Å². The molecule has 0 spiro atoms. The fourth-order valence-corrected chi connectivity index (χ4v) is 3.26. The van der Waals surface area contributed by atoms with E-state index in [1.165, 1.54) is 24.4 Å². The molecule has 1 N–H and O–H groups in total. The summed E-state index contributed by atoms with van der Waals surface area (Å²) in [7, 11) is 0. The van der Waals surface area contributed by atoms with Crippen molar-refractivity contribution in [2.24, 2.45) is 0 Å². The summed E-state index contributed by atoms with van der Waals surface area (Å²) in [6.45, 7) is 0. The number of nitrogens with one attached hydrogen (secondary N) is 1. The third-order valence-corrected chi connectivity index (χ3v) is 4.48. The highest BCUT2D eigenvalue weighted by Crippen LogP contribution is 2.22. The summed E-state index contributed by atoms with van der Waals surface area (Å²) in [6, 6.07) is 6.26. The zero-order valence-corrected chi connectivity index (χ0v) is 12.9. The number of thioether (sulfide) groups is 1. The van der Waals surface area contributed by atoms with E-state index in [1.807, 2.05) is 11.8 Å². The van der Waals surface area contributed by atoms with Crippen LogP contribution in [0, 0.1) is 11.6 Å². The third kappa shape index (κ3) is 3.98. The summed E-state index contributed by atoms with van der Waals surface area (Å²) in [6.07, 6.45) is 2.55. The summed E-state index contributed by atoms with van der Waals surface area (Å²) in [4.78, 5) is 16.3. The van der Waals surface area contributed by atoms with Gasteiger partial charge in [-0.05, 0) is 30.4 Å². The molecule has 1 unspecified atom stereocenters. The Morgan fingerprint density at radius 3 is 2.87 bits per heavy atom. The number of nitrogens with zero attached hydrogens (tertiary/aromatic N) is 1. The monoisotopic (exact) mass is 336 g/mol. The Hall–Kier alpha value is -2.15. The molecule has 23 heavy (non-hydrogen) atoms. The lowest BCUT2D eigenvalue weighted by molar-refractivity contribution is 0.102. The van der Waals surface area contributed by atoms with Crippen molar-refractivity contribution in [2.75, 3.05) is 16.8 Å². The van der Waals surface area contributed by atoms with E-state index in [-0.39, 0.29) is 11.8 Å². The van der Waals surface area contributed by atoms with Gasteiger partial charge in [0.1, 0.15) is 6.10 Å². The van der Waals surface area contributed by atoms with Crippen molar-refractivity contribution in [3.05, 3.63) is 53.7 Å². The van der Waals surface area contributed by atoms with E-state index in [2.05, 4.69) is 10.3 Å². The molecule has 0 radical (unpaired) electrons. The van der Waals surface area contributed by atoms with Crippen LogP contribution in [0.15, 0.2) is 36.5 Å². The lowest BCUT2D eigenvalue weighted by atomic mass is 10.2. The summed E-state index contributed by atoms with van der Waals surface area (Å²) >= 11 is 1.82. The number of ether oxygens (including phenoxy) is 1. The van der Waals surface area contributed by atoms with Crippen LogP contribution >= 0.6 is 11.8 Å². The number of carbonyl (C=O) groups is 1. The van der Waals surface area contributed by atoms with Crippen molar-refractivity contribution in [1.29, 1.82) is 0 Å². The second-order valence-electron chi connectivity index (χ2n) is 5.07. The van der Waals surface area contributed by atoms with Crippen molar-refractivity contribution in [1.82, 2.24) is 4.98 Å². The van der Waals surface area contributed by atoms with Crippen molar-refractivity contribution < 1.29 is 18.3 Å². The van der Waals surface area contributed by atoms with Crippen LogP contribution in [0.3, 0.4) is 0 Å². The van der Waals surface area contributed by atoms with Gasteiger partial charge in [-0.25, -0.2) is 13.8 Å². The second kappa shape index (κ2) is 6.95. The SMILES string of the molecule is O=C(Nc1ccc(F)c(F)c1)c1ccnc(OC2CCSC2)c1. The Labute approximate surface area is 136 Å². The number of benzene rings is 1. The van der Waals surface area contributed by atoms with E-state index >= 15 is 0 Å². The molecule has 0 saturated carbocycles. The number of hydrogen-bond donors (Lipinski definition) is 1. The van der Waals surface area contributed by atoms with E-state index in [9.17, 15) is 13.6 Å². The molecule has 1 aromatic heterocycles. The van der Waals surface area contributed by atoms with Gasteiger partial charge in [0.2, 0.25) is 5.88 Å². The van der Waals surface area contributed by atoms with Crippen LogP contribution in [0.4, 0.5) is 14.5 Å². The predicted octanol–water partition coefficient (Wildman–Crippen LogP) is 3.50. The average Bonchev–Trinajstić information content (AvgIpc) is 3.04. The standard InChI is InChI=1S/C16H14F2N2O2S/c17-13-2-1-11(8-14(13)18)20-16(21)10-3-5-19-15(7-10)22-12-4-6-23-9-12/h1-3,5,7-8,12H,4,6,9H2,(H,20,21). The van der Waals surface area contributed by atoms with Crippen molar-refractivity contribution in [3.63, 3.8) is 0 Å². The minimum Gasteiger partial charge on any atom is -0.473 e. The molecular formula is C16H14F2N2O2S. The second-order valence-corrected chi connectivity index (χ2v) is 6.22. The van der Waals surface area contributed by atoms with Crippen LogP contribution in [0.2, 0.25) is 0 Å². The molecule has 1 amide bonds. The van der Waals surface area contributed by atoms with Gasteiger partial charge in [-0.3, -0.25) is 4.79 Å². The Balaban J connectivity index is 1.70. The van der Waals surface area contributed by atoms with E-state index in [4.69, 9.17) is 4.74 Å². The highest BCUT2D eigenvalue weighted by Gasteiger charge is 2.18. The fourth-order valence-electron chi connectivity index (χ4n) is 2.17.